The largest absolute Gasteiger partial charge is 0.495 e. The van der Waals surface area contributed by atoms with Crippen molar-refractivity contribution in [2.75, 3.05) is 19.0 Å². The van der Waals surface area contributed by atoms with Gasteiger partial charge in [0.2, 0.25) is 0 Å². The minimum Gasteiger partial charge on any atom is -0.495 e. The van der Waals surface area contributed by atoms with Crippen molar-refractivity contribution in [3.8, 4) is 5.75 Å². The standard InChI is InChI=1S/C20H24N2O3S/c1-25-16-9-4-3-8-15(16)22-19(24)18(23)21-14-20(11-5-2-6-12-20)17-10-7-13-26-17/h3-4,7-10,13H,2,5-6,11-12,14H2,1H3,(H,21,23)(H,22,24). The summed E-state index contributed by atoms with van der Waals surface area (Å²) in [4.78, 5) is 25.9. The molecule has 0 bridgehead atoms. The van der Waals surface area contributed by atoms with Gasteiger partial charge in [-0.15, -0.1) is 11.3 Å². The van der Waals surface area contributed by atoms with Gasteiger partial charge in [-0.05, 0) is 36.4 Å². The van der Waals surface area contributed by atoms with Crippen LogP contribution in [0.25, 0.3) is 0 Å². The molecule has 2 N–H and O–H groups in total. The summed E-state index contributed by atoms with van der Waals surface area (Å²) >= 11 is 1.73. The van der Waals surface area contributed by atoms with Gasteiger partial charge in [0.05, 0.1) is 12.8 Å². The maximum absolute atomic E-state index is 12.3. The topological polar surface area (TPSA) is 67.4 Å². The summed E-state index contributed by atoms with van der Waals surface area (Å²) in [5.41, 5.74) is 0.438. The fraction of sp³-hybridized carbons (Fsp3) is 0.400. The Bertz CT molecular complexity index is 752. The highest BCUT2D eigenvalue weighted by molar-refractivity contribution is 7.10. The molecular weight excluding hydrogens is 348 g/mol. The van der Waals surface area contributed by atoms with Crippen molar-refractivity contribution < 1.29 is 14.3 Å². The SMILES string of the molecule is COc1ccccc1NC(=O)C(=O)NCC1(c2cccs2)CCCCC1. The van der Waals surface area contributed by atoms with E-state index in [-0.39, 0.29) is 5.41 Å². The Morgan fingerprint density at radius 3 is 2.54 bits per heavy atom. The molecule has 26 heavy (non-hydrogen) atoms. The van der Waals surface area contributed by atoms with Crippen LogP contribution in [0.3, 0.4) is 0 Å². The van der Waals surface area contributed by atoms with Crippen LogP contribution in [0, 0.1) is 0 Å². The van der Waals surface area contributed by atoms with Gasteiger partial charge in [-0.25, -0.2) is 0 Å². The van der Waals surface area contributed by atoms with Crippen molar-refractivity contribution in [1.29, 1.82) is 0 Å². The zero-order valence-electron chi connectivity index (χ0n) is 14.9. The molecule has 1 heterocycles. The Morgan fingerprint density at radius 1 is 1.08 bits per heavy atom. The van der Waals surface area contributed by atoms with Crippen LogP contribution in [0.2, 0.25) is 0 Å². The second-order valence-electron chi connectivity index (χ2n) is 6.66. The van der Waals surface area contributed by atoms with Crippen LogP contribution in [0.5, 0.6) is 5.75 Å². The molecule has 1 aliphatic rings. The van der Waals surface area contributed by atoms with Crippen LogP contribution in [0.4, 0.5) is 5.69 Å². The third-order valence-electron chi connectivity index (χ3n) is 5.00. The number of hydrogen-bond acceptors (Lipinski definition) is 4. The van der Waals surface area contributed by atoms with Gasteiger partial charge in [-0.3, -0.25) is 9.59 Å². The summed E-state index contributed by atoms with van der Waals surface area (Å²) in [5, 5.41) is 7.55. The molecular formula is C20H24N2O3S. The van der Waals surface area contributed by atoms with Crippen molar-refractivity contribution in [2.45, 2.75) is 37.5 Å². The van der Waals surface area contributed by atoms with Gasteiger partial charge >= 0.3 is 11.8 Å². The van der Waals surface area contributed by atoms with Crippen molar-refractivity contribution in [3.63, 3.8) is 0 Å². The first-order valence-electron chi connectivity index (χ1n) is 8.91. The molecule has 2 aromatic rings. The first-order valence-corrected chi connectivity index (χ1v) is 9.79. The van der Waals surface area contributed by atoms with E-state index in [2.05, 4.69) is 22.1 Å². The number of ether oxygens (including phenoxy) is 1. The molecule has 1 aromatic carbocycles. The van der Waals surface area contributed by atoms with E-state index in [1.807, 2.05) is 12.1 Å². The van der Waals surface area contributed by atoms with Crippen molar-refractivity contribution in [3.05, 3.63) is 46.7 Å². The molecule has 0 aliphatic heterocycles. The second-order valence-corrected chi connectivity index (χ2v) is 7.60. The Hall–Kier alpha value is -2.34. The van der Waals surface area contributed by atoms with Crippen molar-refractivity contribution in [2.24, 2.45) is 0 Å². The quantitative estimate of drug-likeness (QED) is 0.786. The minimum atomic E-state index is -0.674. The van der Waals surface area contributed by atoms with E-state index in [0.29, 0.717) is 18.0 Å². The monoisotopic (exact) mass is 372 g/mol. The predicted octanol–water partition coefficient (Wildman–Crippen LogP) is 3.71. The Balaban J connectivity index is 1.64. The van der Waals surface area contributed by atoms with Crippen molar-refractivity contribution >= 4 is 28.8 Å². The summed E-state index contributed by atoms with van der Waals surface area (Å²) in [6.45, 7) is 0.492. The lowest BCUT2D eigenvalue weighted by Crippen LogP contribution is -2.45. The molecule has 6 heteroatoms. The van der Waals surface area contributed by atoms with Gasteiger partial charge in [0.15, 0.2) is 0 Å². The van der Waals surface area contributed by atoms with E-state index in [1.54, 1.807) is 29.5 Å². The minimum absolute atomic E-state index is 0.0488. The molecule has 1 saturated carbocycles. The second kappa shape index (κ2) is 8.36. The molecule has 1 aromatic heterocycles. The highest BCUT2D eigenvalue weighted by atomic mass is 32.1. The van der Waals surface area contributed by atoms with Crippen LogP contribution < -0.4 is 15.4 Å². The first kappa shape index (κ1) is 18.5. The third-order valence-corrected chi connectivity index (χ3v) is 6.12. The first-order chi connectivity index (χ1) is 12.6. The predicted molar refractivity (Wildman–Crippen MR) is 104 cm³/mol. The lowest BCUT2D eigenvalue weighted by atomic mass is 9.73. The lowest BCUT2D eigenvalue weighted by Gasteiger charge is -2.36. The van der Waals surface area contributed by atoms with E-state index >= 15 is 0 Å². The number of carbonyl (C=O) groups is 2. The van der Waals surface area contributed by atoms with Crippen LogP contribution in [0.1, 0.15) is 37.0 Å². The highest BCUT2D eigenvalue weighted by Gasteiger charge is 2.35. The molecule has 1 aliphatic carbocycles. The average molecular weight is 372 g/mol. The van der Waals surface area contributed by atoms with Gasteiger partial charge in [0.25, 0.3) is 0 Å². The fourth-order valence-electron chi connectivity index (χ4n) is 3.58. The number of nitrogens with one attached hydrogen (secondary N) is 2. The molecule has 0 unspecified atom stereocenters. The summed E-state index contributed by atoms with van der Waals surface area (Å²) in [6.07, 6.45) is 5.63. The van der Waals surface area contributed by atoms with Gasteiger partial charge in [-0.1, -0.05) is 37.5 Å². The molecule has 1 fully saturated rings. The van der Waals surface area contributed by atoms with Crippen LogP contribution in [-0.4, -0.2) is 25.5 Å². The maximum atomic E-state index is 12.3. The summed E-state index contributed by atoms with van der Waals surface area (Å²) < 4.78 is 5.20. The lowest BCUT2D eigenvalue weighted by molar-refractivity contribution is -0.136. The molecule has 0 radical (unpaired) electrons. The smallest absolute Gasteiger partial charge is 0.313 e. The van der Waals surface area contributed by atoms with Gasteiger partial charge in [-0.2, -0.15) is 0 Å². The number of rotatable bonds is 5. The van der Waals surface area contributed by atoms with E-state index in [4.69, 9.17) is 4.74 Å². The van der Waals surface area contributed by atoms with E-state index in [9.17, 15) is 9.59 Å². The molecule has 0 spiro atoms. The Kier molecular flexibility index (Phi) is 5.93. The zero-order valence-corrected chi connectivity index (χ0v) is 15.7. The van der Waals surface area contributed by atoms with Crippen molar-refractivity contribution in [1.82, 2.24) is 5.32 Å². The van der Waals surface area contributed by atoms with E-state index in [1.165, 1.54) is 18.4 Å². The summed E-state index contributed by atoms with van der Waals surface area (Å²) in [5.74, 6) is -0.764. The maximum Gasteiger partial charge on any atom is 0.313 e. The molecule has 0 saturated heterocycles. The fourth-order valence-corrected chi connectivity index (χ4v) is 4.56. The van der Waals surface area contributed by atoms with Crippen LogP contribution in [-0.2, 0) is 15.0 Å². The number of para-hydroxylation sites is 2. The van der Waals surface area contributed by atoms with Gasteiger partial charge in [0.1, 0.15) is 5.75 Å². The summed E-state index contributed by atoms with van der Waals surface area (Å²) in [7, 11) is 1.53. The number of benzene rings is 1. The molecule has 138 valence electrons. The number of methoxy groups -OCH3 is 1. The van der Waals surface area contributed by atoms with Gasteiger partial charge < -0.3 is 15.4 Å². The highest BCUT2D eigenvalue weighted by Crippen LogP contribution is 2.41. The number of thiophene rings is 1. The molecule has 2 amide bonds. The Morgan fingerprint density at radius 2 is 1.85 bits per heavy atom. The molecule has 3 rings (SSSR count). The van der Waals surface area contributed by atoms with E-state index in [0.717, 1.165) is 25.7 Å². The van der Waals surface area contributed by atoms with Gasteiger partial charge in [0, 0.05) is 16.8 Å². The number of carbonyl (C=O) groups excluding carboxylic acids is 2. The Labute approximate surface area is 157 Å². The molecule has 5 nitrogen and oxygen atoms in total. The van der Waals surface area contributed by atoms with E-state index < -0.39 is 11.8 Å². The zero-order chi connectivity index (χ0) is 18.4. The number of amides is 2. The normalized spacial score (nSPS) is 15.9. The average Bonchev–Trinajstić information content (AvgIpc) is 3.23. The summed E-state index contributed by atoms with van der Waals surface area (Å²) in [6, 6.07) is 11.2. The number of hydrogen-bond donors (Lipinski definition) is 2. The van der Waals surface area contributed by atoms with Crippen LogP contribution >= 0.6 is 11.3 Å². The third kappa shape index (κ3) is 4.07. The van der Waals surface area contributed by atoms with Crippen LogP contribution in [0.15, 0.2) is 41.8 Å². The molecule has 0 atom stereocenters. The number of anilines is 1.